The van der Waals surface area contributed by atoms with E-state index >= 15 is 0 Å². The maximum Gasteiger partial charge on any atom is 0.311 e. The second kappa shape index (κ2) is 20.4. The zero-order valence-corrected chi connectivity index (χ0v) is 35.1. The Balaban J connectivity index is 1.71. The van der Waals surface area contributed by atoms with E-state index in [1.54, 1.807) is 21.0 Å². The van der Waals surface area contributed by atoms with Crippen molar-refractivity contribution in [2.75, 3.05) is 34.4 Å². The molecule has 1 saturated carbocycles. The lowest BCUT2D eigenvalue weighted by atomic mass is 9.81. The molecule has 0 aromatic heterocycles. The number of ether oxygens (including phenoxy) is 5. The smallest absolute Gasteiger partial charge is 0.311 e. The van der Waals surface area contributed by atoms with Crippen molar-refractivity contribution < 1.29 is 58.2 Å². The number of carbonyl (C=O) groups excluding carboxylic acids is 4. The van der Waals surface area contributed by atoms with E-state index in [1.165, 1.54) is 19.1 Å². The van der Waals surface area contributed by atoms with Crippen LogP contribution < -0.4 is 0 Å². The molecule has 0 spiro atoms. The molecule has 2 saturated heterocycles. The Morgan fingerprint density at radius 2 is 1.59 bits per heavy atom. The Bertz CT molecular complexity index is 1430. The molecular weight excluding hydrogens is 722 g/mol. The lowest BCUT2D eigenvalue weighted by Gasteiger charge is -2.46. The van der Waals surface area contributed by atoms with Gasteiger partial charge in [0.15, 0.2) is 0 Å². The number of esters is 1. The lowest BCUT2D eigenvalue weighted by Crippen LogP contribution is -2.63. The Kier molecular flexibility index (Phi) is 16.9. The molecule has 14 atom stereocenters. The van der Waals surface area contributed by atoms with Gasteiger partial charge < -0.3 is 43.9 Å². The Morgan fingerprint density at radius 3 is 2.23 bits per heavy atom. The molecule has 4 bridgehead atoms. The summed E-state index contributed by atoms with van der Waals surface area (Å²) in [5, 5.41) is 33.9. The van der Waals surface area contributed by atoms with Crippen LogP contribution in [0.25, 0.3) is 0 Å². The number of Topliss-reactive ketones (excluding diaryl/α,β-unsaturated/α-hetero) is 2. The van der Waals surface area contributed by atoms with Gasteiger partial charge in [-0.25, -0.2) is 0 Å². The van der Waals surface area contributed by atoms with Gasteiger partial charge in [0.05, 0.1) is 36.4 Å². The number of hydrogen-bond acceptors (Lipinski definition) is 12. The number of rotatable bonds is 6. The highest BCUT2D eigenvalue weighted by Gasteiger charge is 2.56. The van der Waals surface area contributed by atoms with E-state index in [0.29, 0.717) is 56.9 Å². The molecule has 13 nitrogen and oxygen atoms in total. The summed E-state index contributed by atoms with van der Waals surface area (Å²) in [5.74, 6) is -7.74. The fourth-order valence-electron chi connectivity index (χ4n) is 9.36. The molecule has 3 N–H and O–H groups in total. The number of cyclic esters (lactones) is 1. The number of aliphatic hydroxyl groups is 3. The molecule has 318 valence electrons. The topological polar surface area (TPSA) is 178 Å². The number of amides is 1. The van der Waals surface area contributed by atoms with Gasteiger partial charge >= 0.3 is 5.97 Å². The van der Waals surface area contributed by atoms with E-state index in [0.717, 1.165) is 5.57 Å². The van der Waals surface area contributed by atoms with Crippen LogP contribution in [-0.2, 0) is 42.9 Å². The van der Waals surface area contributed by atoms with Crippen LogP contribution in [0.4, 0.5) is 0 Å². The second-order valence-corrected chi connectivity index (χ2v) is 17.2. The fraction of sp³-hybridized carbons (Fsp3) is 0.814. The normalized spacial score (nSPS) is 41.6. The maximum absolute atomic E-state index is 14.0. The van der Waals surface area contributed by atoms with E-state index in [9.17, 15) is 34.5 Å². The summed E-state index contributed by atoms with van der Waals surface area (Å²) in [6, 6.07) is 0. The summed E-state index contributed by atoms with van der Waals surface area (Å²) in [6.45, 7) is 11.3. The first-order valence-corrected chi connectivity index (χ1v) is 20.7. The van der Waals surface area contributed by atoms with Gasteiger partial charge in [-0.05, 0) is 89.0 Å². The van der Waals surface area contributed by atoms with Gasteiger partial charge in [0, 0.05) is 58.6 Å². The van der Waals surface area contributed by atoms with E-state index in [4.69, 9.17) is 23.7 Å². The molecule has 3 fully saturated rings. The predicted octanol–water partition coefficient (Wildman–Crippen LogP) is 4.33. The van der Waals surface area contributed by atoms with E-state index in [-0.39, 0.29) is 49.7 Å². The molecule has 56 heavy (non-hydrogen) atoms. The number of carbonyl (C=O) groups is 4. The van der Waals surface area contributed by atoms with Gasteiger partial charge in [-0.3, -0.25) is 19.2 Å². The number of fused-ring (bicyclic) bond motifs is 4. The fourth-order valence-corrected chi connectivity index (χ4v) is 9.36. The standard InChI is InChI=1S/C43H69NO12/c1-10-30-17-24(2)16-25(3)18-36(53-8)39-37(54-9)20-27(5)43(51,56-39)40(48)41(49)44-15-11-12-31(23-44)42(50)55-38(28(6)33(46)22-34(30)47)26(4)19-29-13-14-32(45)35(21-29)52-7/h17,19,25,27-33,35-39,45-46,51H,10-16,18,20-23H2,1-9H3/b24-17-,26-19+/t25-,27+,28+,29-,30+,31+,32+,33-,35+,36-,37-,38+,39+,43+/m0/s1. The molecule has 0 aromatic rings. The molecule has 3 heterocycles. The molecule has 1 aliphatic carbocycles. The highest BCUT2D eigenvalue weighted by molar-refractivity contribution is 6.38. The molecule has 0 unspecified atom stereocenters. The average Bonchev–Trinajstić information content (AvgIpc) is 3.18. The van der Waals surface area contributed by atoms with Crippen molar-refractivity contribution in [2.24, 2.45) is 35.5 Å². The molecule has 0 aromatic carbocycles. The van der Waals surface area contributed by atoms with Crippen LogP contribution >= 0.6 is 0 Å². The number of aliphatic hydroxyl groups excluding tert-OH is 2. The maximum atomic E-state index is 14.0. The van der Waals surface area contributed by atoms with Crippen LogP contribution in [0.3, 0.4) is 0 Å². The summed E-state index contributed by atoms with van der Waals surface area (Å²) in [5.41, 5.74) is 1.71. The summed E-state index contributed by atoms with van der Waals surface area (Å²) in [6.07, 6.45) is 3.54. The predicted molar refractivity (Wildman–Crippen MR) is 208 cm³/mol. The Hall–Kier alpha value is -2.52. The summed E-state index contributed by atoms with van der Waals surface area (Å²) in [4.78, 5) is 57.0. The van der Waals surface area contributed by atoms with Gasteiger partial charge in [-0.15, -0.1) is 0 Å². The van der Waals surface area contributed by atoms with E-state index in [1.807, 2.05) is 32.9 Å². The molecule has 4 rings (SSSR count). The Morgan fingerprint density at radius 1 is 0.929 bits per heavy atom. The van der Waals surface area contributed by atoms with Crippen LogP contribution in [0.15, 0.2) is 23.3 Å². The number of nitrogens with zero attached hydrogens (tertiary/aromatic N) is 1. The van der Waals surface area contributed by atoms with Crippen LogP contribution in [0.5, 0.6) is 0 Å². The minimum Gasteiger partial charge on any atom is -0.457 e. The van der Waals surface area contributed by atoms with Crippen molar-refractivity contribution in [3.8, 4) is 0 Å². The largest absolute Gasteiger partial charge is 0.457 e. The third-order valence-electron chi connectivity index (χ3n) is 12.9. The average molecular weight is 792 g/mol. The third kappa shape index (κ3) is 10.9. The minimum atomic E-state index is -2.44. The zero-order chi connectivity index (χ0) is 41.5. The molecule has 3 aliphatic heterocycles. The SMILES string of the molecule is CC[C@@H]1/C=C(/C)C[C@H](C)C[C@H](OC)[C@H]2O[C@@](O)(C(=O)C(=O)N3CCC[C@H](C3)C(=O)O[C@H](/C(C)=C/[C@@H]3CC[C@@H](O)[C@H](OC)C3)[C@H](C)[C@@H](O)CC1=O)[C@H](C)C[C@@H]2OC. The van der Waals surface area contributed by atoms with Crippen LogP contribution in [0, 0.1) is 35.5 Å². The first-order valence-electron chi connectivity index (χ1n) is 20.7. The van der Waals surface area contributed by atoms with Crippen molar-refractivity contribution in [1.29, 1.82) is 0 Å². The van der Waals surface area contributed by atoms with Gasteiger partial charge in [-0.1, -0.05) is 45.4 Å². The molecule has 4 aliphatic rings. The molecule has 1 amide bonds. The highest BCUT2D eigenvalue weighted by atomic mass is 16.7. The van der Waals surface area contributed by atoms with Crippen LogP contribution in [0.1, 0.15) is 106 Å². The van der Waals surface area contributed by atoms with E-state index < -0.39 is 83.7 Å². The lowest BCUT2D eigenvalue weighted by molar-refractivity contribution is -0.302. The first kappa shape index (κ1) is 46.2. The second-order valence-electron chi connectivity index (χ2n) is 17.2. The van der Waals surface area contributed by atoms with Crippen molar-refractivity contribution >= 4 is 23.4 Å². The third-order valence-corrected chi connectivity index (χ3v) is 12.9. The number of allylic oxidation sites excluding steroid dienone is 3. The van der Waals surface area contributed by atoms with Gasteiger partial charge in [-0.2, -0.15) is 0 Å². The monoisotopic (exact) mass is 791 g/mol. The number of piperidine rings is 1. The Labute approximate surface area is 333 Å². The molecular formula is C43H69NO12. The van der Waals surface area contributed by atoms with Gasteiger partial charge in [0.25, 0.3) is 11.7 Å². The van der Waals surface area contributed by atoms with E-state index in [2.05, 4.69) is 6.92 Å². The van der Waals surface area contributed by atoms with Crippen LogP contribution in [-0.4, -0.2) is 127 Å². The quantitative estimate of drug-likeness (QED) is 0.197. The summed E-state index contributed by atoms with van der Waals surface area (Å²) < 4.78 is 29.7. The van der Waals surface area contributed by atoms with Crippen LogP contribution in [0.2, 0.25) is 0 Å². The number of hydrogen-bond donors (Lipinski definition) is 3. The zero-order valence-electron chi connectivity index (χ0n) is 35.1. The van der Waals surface area contributed by atoms with Gasteiger partial charge in [0.2, 0.25) is 5.79 Å². The van der Waals surface area contributed by atoms with Crippen molar-refractivity contribution in [2.45, 2.75) is 154 Å². The van der Waals surface area contributed by atoms with Crippen molar-refractivity contribution in [3.05, 3.63) is 23.3 Å². The van der Waals surface area contributed by atoms with Gasteiger partial charge in [0.1, 0.15) is 18.0 Å². The molecule has 13 heteroatoms. The van der Waals surface area contributed by atoms with Crippen molar-refractivity contribution in [1.82, 2.24) is 4.90 Å². The summed E-state index contributed by atoms with van der Waals surface area (Å²) >= 11 is 0. The number of methoxy groups -OCH3 is 3. The minimum absolute atomic E-state index is 0.0317. The summed E-state index contributed by atoms with van der Waals surface area (Å²) in [7, 11) is 4.64. The van der Waals surface area contributed by atoms with Crippen molar-refractivity contribution in [3.63, 3.8) is 0 Å². The molecule has 0 radical (unpaired) electrons. The number of ketones is 2. The first-order chi connectivity index (χ1) is 26.5. The highest BCUT2D eigenvalue weighted by Crippen LogP contribution is 2.39.